The molecular weight excluding hydrogens is 198 g/mol. The number of nitrogens with one attached hydrogen (secondary N) is 1. The Morgan fingerprint density at radius 3 is 2.69 bits per heavy atom. The van der Waals surface area contributed by atoms with Gasteiger partial charge < -0.3 is 10.1 Å². The maximum atomic E-state index is 6.00. The first kappa shape index (κ1) is 11.6. The molecule has 1 atom stereocenters. The fraction of sp³-hybridized carbons (Fsp3) is 0.571. The Kier molecular flexibility index (Phi) is 3.31. The van der Waals surface area contributed by atoms with E-state index in [1.165, 1.54) is 16.7 Å². The van der Waals surface area contributed by atoms with E-state index in [-0.39, 0.29) is 5.60 Å². The molecule has 2 nitrogen and oxygen atoms in total. The second-order valence-electron chi connectivity index (χ2n) is 4.78. The third-order valence-corrected chi connectivity index (χ3v) is 3.60. The number of ether oxygens (including phenoxy) is 1. The van der Waals surface area contributed by atoms with Gasteiger partial charge in [-0.25, -0.2) is 0 Å². The summed E-state index contributed by atoms with van der Waals surface area (Å²) in [5.41, 5.74) is 3.93. The van der Waals surface area contributed by atoms with Gasteiger partial charge in [0.1, 0.15) is 5.60 Å². The molecule has 0 aliphatic carbocycles. The molecule has 0 bridgehead atoms. The maximum Gasteiger partial charge on any atom is 0.106 e. The van der Waals surface area contributed by atoms with Crippen LogP contribution in [-0.4, -0.2) is 20.2 Å². The van der Waals surface area contributed by atoms with E-state index in [9.17, 15) is 0 Å². The van der Waals surface area contributed by atoms with Crippen molar-refractivity contribution in [3.8, 4) is 0 Å². The standard InChI is InChI=1S/C14H21NO/c1-11-5-6-13(9-12(11)2)14(10-15-3)7-4-8-16-14/h5-6,9,15H,4,7-8,10H2,1-3H3. The summed E-state index contributed by atoms with van der Waals surface area (Å²) in [7, 11) is 1.99. The molecule has 2 heteroatoms. The van der Waals surface area contributed by atoms with Gasteiger partial charge in [0.15, 0.2) is 0 Å². The summed E-state index contributed by atoms with van der Waals surface area (Å²) in [6.07, 6.45) is 2.28. The Labute approximate surface area is 98.0 Å². The van der Waals surface area contributed by atoms with E-state index in [0.717, 1.165) is 26.0 Å². The summed E-state index contributed by atoms with van der Waals surface area (Å²) in [6.45, 7) is 6.10. The topological polar surface area (TPSA) is 21.3 Å². The van der Waals surface area contributed by atoms with Gasteiger partial charge in [-0.05, 0) is 50.4 Å². The lowest BCUT2D eigenvalue weighted by atomic mass is 9.89. The summed E-state index contributed by atoms with van der Waals surface area (Å²) in [4.78, 5) is 0. The highest BCUT2D eigenvalue weighted by atomic mass is 16.5. The van der Waals surface area contributed by atoms with Crippen LogP contribution in [0.3, 0.4) is 0 Å². The van der Waals surface area contributed by atoms with Gasteiger partial charge >= 0.3 is 0 Å². The van der Waals surface area contributed by atoms with Crippen LogP contribution in [-0.2, 0) is 10.3 Å². The highest BCUT2D eigenvalue weighted by Gasteiger charge is 2.36. The van der Waals surface area contributed by atoms with Gasteiger partial charge in [0.05, 0.1) is 0 Å². The molecule has 1 N–H and O–H groups in total. The molecule has 1 aliphatic heterocycles. The Morgan fingerprint density at radius 2 is 2.12 bits per heavy atom. The van der Waals surface area contributed by atoms with Crippen molar-refractivity contribution in [1.29, 1.82) is 0 Å². The molecule has 1 aromatic carbocycles. The summed E-state index contributed by atoms with van der Waals surface area (Å²) in [5.74, 6) is 0. The van der Waals surface area contributed by atoms with Crippen LogP contribution in [0.4, 0.5) is 0 Å². The quantitative estimate of drug-likeness (QED) is 0.843. The van der Waals surface area contributed by atoms with Crippen molar-refractivity contribution in [3.63, 3.8) is 0 Å². The molecule has 1 heterocycles. The lowest BCUT2D eigenvalue weighted by Crippen LogP contribution is -2.36. The van der Waals surface area contributed by atoms with Crippen LogP contribution in [0.5, 0.6) is 0 Å². The van der Waals surface area contributed by atoms with Crippen LogP contribution in [0.25, 0.3) is 0 Å². The maximum absolute atomic E-state index is 6.00. The predicted octanol–water partition coefficient (Wildman–Crippen LogP) is 2.53. The third kappa shape index (κ3) is 2.00. The largest absolute Gasteiger partial charge is 0.369 e. The van der Waals surface area contributed by atoms with Gasteiger partial charge in [-0.3, -0.25) is 0 Å². The van der Waals surface area contributed by atoms with Crippen LogP contribution in [0.15, 0.2) is 18.2 Å². The molecule has 1 fully saturated rings. The highest BCUT2D eigenvalue weighted by molar-refractivity contribution is 5.34. The minimum Gasteiger partial charge on any atom is -0.369 e. The van der Waals surface area contributed by atoms with E-state index >= 15 is 0 Å². The average molecular weight is 219 g/mol. The van der Waals surface area contributed by atoms with E-state index in [2.05, 4.69) is 37.4 Å². The van der Waals surface area contributed by atoms with E-state index < -0.39 is 0 Å². The minimum absolute atomic E-state index is 0.0901. The summed E-state index contributed by atoms with van der Waals surface area (Å²) in [6, 6.07) is 6.69. The van der Waals surface area contributed by atoms with E-state index in [1.54, 1.807) is 0 Å². The number of hydrogen-bond donors (Lipinski definition) is 1. The minimum atomic E-state index is -0.0901. The Morgan fingerprint density at radius 1 is 1.31 bits per heavy atom. The molecule has 1 aliphatic rings. The number of hydrogen-bond acceptors (Lipinski definition) is 2. The van der Waals surface area contributed by atoms with E-state index in [0.29, 0.717) is 0 Å². The molecule has 0 radical (unpaired) electrons. The molecule has 2 rings (SSSR count). The first-order valence-electron chi connectivity index (χ1n) is 6.04. The first-order valence-corrected chi connectivity index (χ1v) is 6.04. The lowest BCUT2D eigenvalue weighted by Gasteiger charge is -2.29. The SMILES string of the molecule is CNCC1(c2ccc(C)c(C)c2)CCCO1. The van der Waals surface area contributed by atoms with Gasteiger partial charge in [0, 0.05) is 13.2 Å². The number of rotatable bonds is 3. The number of aryl methyl sites for hydroxylation is 2. The Balaban J connectivity index is 2.35. The average Bonchev–Trinajstić information content (AvgIpc) is 2.72. The Bertz CT molecular complexity index is 367. The van der Waals surface area contributed by atoms with Crippen molar-refractivity contribution in [2.75, 3.05) is 20.2 Å². The van der Waals surface area contributed by atoms with E-state index in [1.807, 2.05) is 7.05 Å². The number of likely N-dealkylation sites (N-methyl/N-ethyl adjacent to an activating group) is 1. The van der Waals surface area contributed by atoms with Crippen molar-refractivity contribution in [3.05, 3.63) is 34.9 Å². The third-order valence-electron chi connectivity index (χ3n) is 3.60. The summed E-state index contributed by atoms with van der Waals surface area (Å²) >= 11 is 0. The molecule has 0 aromatic heterocycles. The summed E-state index contributed by atoms with van der Waals surface area (Å²) < 4.78 is 6.00. The molecule has 88 valence electrons. The van der Waals surface area contributed by atoms with Crippen molar-refractivity contribution in [2.45, 2.75) is 32.3 Å². The lowest BCUT2D eigenvalue weighted by molar-refractivity contribution is 0.00230. The zero-order chi connectivity index (χ0) is 11.6. The fourth-order valence-electron chi connectivity index (χ4n) is 2.48. The second-order valence-corrected chi connectivity index (χ2v) is 4.78. The molecule has 0 spiro atoms. The molecule has 1 aromatic rings. The fourth-order valence-corrected chi connectivity index (χ4v) is 2.48. The van der Waals surface area contributed by atoms with Gasteiger partial charge in [0.2, 0.25) is 0 Å². The highest BCUT2D eigenvalue weighted by Crippen LogP contribution is 2.36. The van der Waals surface area contributed by atoms with E-state index in [4.69, 9.17) is 4.74 Å². The van der Waals surface area contributed by atoms with Crippen molar-refractivity contribution >= 4 is 0 Å². The molecule has 16 heavy (non-hydrogen) atoms. The smallest absolute Gasteiger partial charge is 0.106 e. The molecular formula is C14H21NO. The van der Waals surface area contributed by atoms with Crippen molar-refractivity contribution in [2.24, 2.45) is 0 Å². The van der Waals surface area contributed by atoms with Crippen LogP contribution < -0.4 is 5.32 Å². The predicted molar refractivity (Wildman–Crippen MR) is 66.7 cm³/mol. The monoisotopic (exact) mass is 219 g/mol. The first-order chi connectivity index (χ1) is 7.68. The Hall–Kier alpha value is -0.860. The molecule has 0 saturated carbocycles. The summed E-state index contributed by atoms with van der Waals surface area (Å²) in [5, 5.41) is 3.26. The van der Waals surface area contributed by atoms with Gasteiger partial charge in [0.25, 0.3) is 0 Å². The van der Waals surface area contributed by atoms with Gasteiger partial charge in [-0.15, -0.1) is 0 Å². The van der Waals surface area contributed by atoms with Gasteiger partial charge in [-0.1, -0.05) is 18.2 Å². The molecule has 0 amide bonds. The zero-order valence-electron chi connectivity index (χ0n) is 10.5. The van der Waals surface area contributed by atoms with Crippen LogP contribution in [0, 0.1) is 13.8 Å². The van der Waals surface area contributed by atoms with Gasteiger partial charge in [-0.2, -0.15) is 0 Å². The van der Waals surface area contributed by atoms with Crippen LogP contribution >= 0.6 is 0 Å². The molecule has 1 saturated heterocycles. The van der Waals surface area contributed by atoms with Crippen molar-refractivity contribution in [1.82, 2.24) is 5.32 Å². The zero-order valence-corrected chi connectivity index (χ0v) is 10.5. The number of benzene rings is 1. The van der Waals surface area contributed by atoms with Crippen LogP contribution in [0.1, 0.15) is 29.5 Å². The van der Waals surface area contributed by atoms with Crippen molar-refractivity contribution < 1.29 is 4.74 Å². The van der Waals surface area contributed by atoms with Crippen LogP contribution in [0.2, 0.25) is 0 Å². The second kappa shape index (κ2) is 4.56. The molecule has 1 unspecified atom stereocenters. The normalized spacial score (nSPS) is 24.9.